The predicted molar refractivity (Wildman–Crippen MR) is 83.9 cm³/mol. The minimum atomic E-state index is -0.232. The second-order valence-corrected chi connectivity index (χ2v) is 6.48. The van der Waals surface area contributed by atoms with Crippen molar-refractivity contribution < 1.29 is 8.78 Å². The molecule has 100 valence electrons. The topological polar surface area (TPSA) is 0 Å². The highest BCUT2D eigenvalue weighted by atomic mass is 32.2. The molecule has 4 heteroatoms. The average molecular weight is 304 g/mol. The van der Waals surface area contributed by atoms with Gasteiger partial charge in [0.1, 0.15) is 11.6 Å². The monoisotopic (exact) mass is 304 g/mol. The molecule has 0 bridgehead atoms. The van der Waals surface area contributed by atoms with Gasteiger partial charge in [0.2, 0.25) is 0 Å². The van der Waals surface area contributed by atoms with Crippen molar-refractivity contribution in [3.05, 3.63) is 80.9 Å². The lowest BCUT2D eigenvalue weighted by molar-refractivity contribution is 0.627. The molecule has 0 aliphatic carbocycles. The Kier molecular flexibility index (Phi) is 3.94. The molecule has 0 aromatic heterocycles. The van der Waals surface area contributed by atoms with E-state index in [-0.39, 0.29) is 11.6 Å². The Labute approximate surface area is 124 Å². The molecule has 0 fully saturated rings. The first kappa shape index (κ1) is 13.5. The van der Waals surface area contributed by atoms with Gasteiger partial charge < -0.3 is 0 Å². The molecule has 0 spiro atoms. The van der Waals surface area contributed by atoms with Crippen LogP contribution in [0.1, 0.15) is 11.1 Å². The van der Waals surface area contributed by atoms with Gasteiger partial charge in [0, 0.05) is 9.14 Å². The van der Waals surface area contributed by atoms with E-state index in [2.05, 4.69) is 0 Å². The lowest BCUT2D eigenvalue weighted by Crippen LogP contribution is -1.78. The van der Waals surface area contributed by atoms with Crippen molar-refractivity contribution in [2.24, 2.45) is 0 Å². The number of rotatable bonds is 2. The molecule has 0 unspecified atom stereocenters. The average Bonchev–Trinajstić information content (AvgIpc) is 2.91. The van der Waals surface area contributed by atoms with Gasteiger partial charge in [-0.3, -0.25) is 0 Å². The first-order valence-electron chi connectivity index (χ1n) is 5.98. The molecule has 1 heterocycles. The smallest absolute Gasteiger partial charge is 0.123 e. The van der Waals surface area contributed by atoms with E-state index in [0.29, 0.717) is 0 Å². The van der Waals surface area contributed by atoms with Gasteiger partial charge >= 0.3 is 0 Å². The molecule has 20 heavy (non-hydrogen) atoms. The second-order valence-electron chi connectivity index (χ2n) is 4.22. The maximum atomic E-state index is 12.9. The van der Waals surface area contributed by atoms with E-state index < -0.39 is 0 Å². The third-order valence-corrected chi connectivity index (χ3v) is 5.06. The van der Waals surface area contributed by atoms with E-state index in [4.69, 9.17) is 0 Å². The van der Waals surface area contributed by atoms with Gasteiger partial charge in [-0.2, -0.15) is 0 Å². The van der Waals surface area contributed by atoms with Crippen molar-refractivity contribution in [2.75, 3.05) is 0 Å². The summed E-state index contributed by atoms with van der Waals surface area (Å²) in [6, 6.07) is 12.9. The fourth-order valence-electron chi connectivity index (χ4n) is 1.77. The van der Waals surface area contributed by atoms with Gasteiger partial charge in [0.25, 0.3) is 0 Å². The normalized spacial score (nSPS) is 16.5. The Hall–Kier alpha value is -1.52. The van der Waals surface area contributed by atoms with Crippen LogP contribution < -0.4 is 0 Å². The maximum absolute atomic E-state index is 12.9. The lowest BCUT2D eigenvalue weighted by Gasteiger charge is -2.01. The zero-order valence-corrected chi connectivity index (χ0v) is 12.0. The molecule has 0 saturated carbocycles. The quantitative estimate of drug-likeness (QED) is 0.693. The van der Waals surface area contributed by atoms with Gasteiger partial charge in [0.05, 0.1) is 0 Å². The van der Waals surface area contributed by atoms with Gasteiger partial charge in [0.15, 0.2) is 0 Å². The number of thioether (sulfide) groups is 2. The van der Waals surface area contributed by atoms with E-state index in [0.717, 1.165) is 20.3 Å². The molecule has 3 rings (SSSR count). The third kappa shape index (κ3) is 3.14. The second kappa shape index (κ2) is 5.85. The van der Waals surface area contributed by atoms with E-state index in [1.54, 1.807) is 47.8 Å². The van der Waals surface area contributed by atoms with Crippen molar-refractivity contribution in [3.8, 4) is 0 Å². The maximum Gasteiger partial charge on any atom is 0.123 e. The van der Waals surface area contributed by atoms with Crippen LogP contribution in [0.5, 0.6) is 0 Å². The Morgan fingerprint density at radius 2 is 1.40 bits per heavy atom. The van der Waals surface area contributed by atoms with Crippen LogP contribution in [0.2, 0.25) is 0 Å². The molecule has 0 amide bonds. The fraction of sp³-hybridized carbons (Fsp3) is 0. The summed E-state index contributed by atoms with van der Waals surface area (Å²) in [6.45, 7) is 0. The van der Waals surface area contributed by atoms with Gasteiger partial charge in [-0.15, -0.1) is 0 Å². The van der Waals surface area contributed by atoms with Crippen molar-refractivity contribution in [3.63, 3.8) is 0 Å². The molecular weight excluding hydrogens is 294 g/mol. The first-order chi connectivity index (χ1) is 9.70. The minimum absolute atomic E-state index is 0.230. The van der Waals surface area contributed by atoms with Crippen molar-refractivity contribution in [2.45, 2.75) is 0 Å². The Morgan fingerprint density at radius 3 is 2.05 bits per heavy atom. The Balaban J connectivity index is 1.75. The van der Waals surface area contributed by atoms with Crippen LogP contribution >= 0.6 is 23.5 Å². The van der Waals surface area contributed by atoms with Crippen LogP contribution in [0.25, 0.3) is 11.0 Å². The zero-order valence-electron chi connectivity index (χ0n) is 10.3. The Bertz CT molecular complexity index is 671. The molecule has 2 aromatic rings. The van der Waals surface area contributed by atoms with Crippen molar-refractivity contribution in [1.82, 2.24) is 0 Å². The highest BCUT2D eigenvalue weighted by molar-refractivity contribution is 8.31. The van der Waals surface area contributed by atoms with Crippen LogP contribution in [0.15, 0.2) is 58.2 Å². The molecule has 0 atom stereocenters. The van der Waals surface area contributed by atoms with Crippen molar-refractivity contribution in [1.29, 1.82) is 0 Å². The Morgan fingerprint density at radius 1 is 0.800 bits per heavy atom. The van der Waals surface area contributed by atoms with Gasteiger partial charge in [-0.25, -0.2) is 8.78 Å². The van der Waals surface area contributed by atoms with E-state index >= 15 is 0 Å². The molecule has 1 aliphatic heterocycles. The number of hydrogen-bond donors (Lipinski definition) is 0. The molecule has 0 saturated heterocycles. The van der Waals surface area contributed by atoms with Crippen LogP contribution in [0, 0.1) is 11.6 Å². The molecule has 0 radical (unpaired) electrons. The molecule has 0 N–H and O–H groups in total. The van der Waals surface area contributed by atoms with E-state index in [9.17, 15) is 8.78 Å². The first-order valence-corrected chi connectivity index (χ1v) is 7.68. The summed E-state index contributed by atoms with van der Waals surface area (Å²) in [5.74, 6) is -0.462. The summed E-state index contributed by atoms with van der Waals surface area (Å²) in [6.07, 6.45) is 2.02. The van der Waals surface area contributed by atoms with Crippen LogP contribution in [0.4, 0.5) is 8.78 Å². The third-order valence-electron chi connectivity index (χ3n) is 2.78. The number of hydrogen-bond acceptors (Lipinski definition) is 2. The SMILES string of the molecule is Fc1ccc(/C=C2/SC=C(c3ccc(F)cc3)S2)cc1. The van der Waals surface area contributed by atoms with E-state index in [1.165, 1.54) is 24.3 Å². The van der Waals surface area contributed by atoms with Crippen LogP contribution in [-0.4, -0.2) is 0 Å². The zero-order chi connectivity index (χ0) is 13.9. The highest BCUT2D eigenvalue weighted by Crippen LogP contribution is 2.48. The fourth-order valence-corrected chi connectivity index (χ4v) is 3.94. The molecule has 2 aromatic carbocycles. The minimum Gasteiger partial charge on any atom is -0.207 e. The highest BCUT2D eigenvalue weighted by Gasteiger charge is 2.13. The van der Waals surface area contributed by atoms with Gasteiger partial charge in [-0.05, 0) is 46.9 Å². The summed E-state index contributed by atoms with van der Waals surface area (Å²) >= 11 is 3.26. The van der Waals surface area contributed by atoms with E-state index in [1.807, 2.05) is 11.5 Å². The molecule has 1 aliphatic rings. The van der Waals surface area contributed by atoms with Crippen molar-refractivity contribution >= 4 is 34.5 Å². The van der Waals surface area contributed by atoms with Gasteiger partial charge in [-0.1, -0.05) is 47.8 Å². The lowest BCUT2D eigenvalue weighted by atomic mass is 10.2. The summed E-state index contributed by atoms with van der Waals surface area (Å²) < 4.78 is 26.9. The summed E-state index contributed by atoms with van der Waals surface area (Å²) in [5.41, 5.74) is 1.97. The summed E-state index contributed by atoms with van der Waals surface area (Å²) in [4.78, 5) is 1.10. The standard InChI is InChI=1S/C16H10F2S2/c17-13-5-1-11(2-6-13)9-16-19-10-15(20-16)12-3-7-14(18)8-4-12/h1-10H/b16-9-. The summed E-state index contributed by atoms with van der Waals surface area (Å²) in [7, 11) is 0. The summed E-state index contributed by atoms with van der Waals surface area (Å²) in [5, 5.41) is 2.05. The van der Waals surface area contributed by atoms with Crippen LogP contribution in [-0.2, 0) is 0 Å². The van der Waals surface area contributed by atoms with Crippen LogP contribution in [0.3, 0.4) is 0 Å². The number of halogens is 2. The molecule has 0 nitrogen and oxygen atoms in total. The number of benzene rings is 2. The predicted octanol–water partition coefficient (Wildman–Crippen LogP) is 5.74. The molecular formula is C16H10F2S2. The largest absolute Gasteiger partial charge is 0.207 e.